The number of rotatable bonds is 4. The fourth-order valence-electron chi connectivity index (χ4n) is 3.55. The van der Waals surface area contributed by atoms with Gasteiger partial charge in [0, 0.05) is 66.2 Å². The van der Waals surface area contributed by atoms with Gasteiger partial charge in [0.25, 0.3) is 0 Å². The molecule has 1 saturated heterocycles. The highest BCUT2D eigenvalue weighted by atomic mass is 16.3. The van der Waals surface area contributed by atoms with Crippen LogP contribution in [0.25, 0.3) is 23.5 Å². The van der Waals surface area contributed by atoms with E-state index in [1.54, 1.807) is 6.20 Å². The molecule has 0 amide bonds. The molecule has 1 aliphatic heterocycles. The van der Waals surface area contributed by atoms with E-state index >= 15 is 0 Å². The Morgan fingerprint density at radius 1 is 1.18 bits per heavy atom. The molecule has 3 aromatic rings. The highest BCUT2D eigenvalue weighted by Gasteiger charge is 2.12. The first kappa shape index (κ1) is 18.3. The zero-order chi connectivity index (χ0) is 19.3. The molecule has 0 atom stereocenters. The van der Waals surface area contributed by atoms with Crippen LogP contribution in [-0.2, 0) is 0 Å². The normalized spacial score (nSPS) is 15.8. The third-order valence-electron chi connectivity index (χ3n) is 4.99. The van der Waals surface area contributed by atoms with Crippen molar-refractivity contribution in [2.75, 3.05) is 31.1 Å². The van der Waals surface area contributed by atoms with Crippen molar-refractivity contribution in [1.29, 1.82) is 0 Å². The van der Waals surface area contributed by atoms with E-state index < -0.39 is 0 Å². The Bertz CT molecular complexity index is 1060. The first-order chi connectivity index (χ1) is 13.8. The number of piperazine rings is 1. The smallest absolute Gasteiger partial charge is 0.142 e. The van der Waals surface area contributed by atoms with E-state index in [2.05, 4.69) is 46.0 Å². The lowest BCUT2D eigenvalue weighted by molar-refractivity contribution is 0.543. The van der Waals surface area contributed by atoms with Crippen molar-refractivity contribution in [3.05, 3.63) is 83.2 Å². The summed E-state index contributed by atoms with van der Waals surface area (Å²) < 4.78 is 6.25. The number of nitrogens with one attached hydrogen (secondary N) is 1. The van der Waals surface area contributed by atoms with E-state index in [0.717, 1.165) is 59.3 Å². The molecule has 0 saturated carbocycles. The van der Waals surface area contributed by atoms with Gasteiger partial charge in [-0.3, -0.25) is 4.98 Å². The van der Waals surface area contributed by atoms with Crippen LogP contribution in [0, 0.1) is 0 Å². The Hall–Kier alpha value is -3.11. The number of benzene rings is 1. The lowest BCUT2D eigenvalue weighted by Gasteiger charge is -2.29. The Balaban J connectivity index is 1.72. The lowest BCUT2D eigenvalue weighted by Crippen LogP contribution is -2.43. The van der Waals surface area contributed by atoms with E-state index in [1.165, 1.54) is 5.69 Å². The predicted octanol–water partition coefficient (Wildman–Crippen LogP) is 2.94. The molecule has 28 heavy (non-hydrogen) atoms. The number of hydrogen-bond acceptors (Lipinski definition) is 4. The summed E-state index contributed by atoms with van der Waals surface area (Å²) in [6.45, 7) is 10.4. The van der Waals surface area contributed by atoms with Crippen molar-refractivity contribution < 1.29 is 4.42 Å². The second kappa shape index (κ2) is 8.28. The zero-order valence-corrected chi connectivity index (χ0v) is 16.2. The average molecular weight is 371 g/mol. The molecule has 4 heteroatoms. The summed E-state index contributed by atoms with van der Waals surface area (Å²) in [6.07, 6.45) is 7.67. The first-order valence-electron chi connectivity index (χ1n) is 9.68. The number of hydrogen-bond donors (Lipinski definition) is 1. The van der Waals surface area contributed by atoms with Gasteiger partial charge in [0.15, 0.2) is 0 Å². The third kappa shape index (κ3) is 3.78. The first-order valence-corrected chi connectivity index (χ1v) is 9.68. The maximum Gasteiger partial charge on any atom is 0.142 e. The van der Waals surface area contributed by atoms with Gasteiger partial charge in [-0.2, -0.15) is 0 Å². The van der Waals surface area contributed by atoms with Crippen molar-refractivity contribution in [2.24, 2.45) is 0 Å². The molecule has 0 radical (unpaired) electrons. The van der Waals surface area contributed by atoms with Crippen LogP contribution in [0.1, 0.15) is 12.5 Å². The summed E-state index contributed by atoms with van der Waals surface area (Å²) >= 11 is 0. The Morgan fingerprint density at radius 2 is 1.96 bits per heavy atom. The van der Waals surface area contributed by atoms with E-state index in [9.17, 15) is 0 Å². The van der Waals surface area contributed by atoms with E-state index in [0.29, 0.717) is 0 Å². The molecule has 4 nitrogen and oxygen atoms in total. The van der Waals surface area contributed by atoms with Crippen LogP contribution in [0.2, 0.25) is 0 Å². The molecule has 3 heterocycles. The monoisotopic (exact) mass is 371 g/mol. The molecule has 0 unspecified atom stereocenters. The Morgan fingerprint density at radius 3 is 2.64 bits per heavy atom. The number of allylic oxidation sites excluding steroid dienone is 2. The van der Waals surface area contributed by atoms with Gasteiger partial charge in [-0.15, -0.1) is 0 Å². The summed E-state index contributed by atoms with van der Waals surface area (Å²) in [5.74, 6) is 0.831. The average Bonchev–Trinajstić information content (AvgIpc) is 3.14. The van der Waals surface area contributed by atoms with Crippen LogP contribution in [0.15, 0.2) is 71.4 Å². The van der Waals surface area contributed by atoms with Crippen LogP contribution in [0.4, 0.5) is 5.69 Å². The van der Waals surface area contributed by atoms with Gasteiger partial charge in [-0.25, -0.2) is 0 Å². The second-order valence-corrected chi connectivity index (χ2v) is 6.90. The maximum atomic E-state index is 6.25. The van der Waals surface area contributed by atoms with Crippen LogP contribution < -0.4 is 20.9 Å². The molecule has 1 N–H and O–H groups in total. The van der Waals surface area contributed by atoms with Crippen LogP contribution in [0.3, 0.4) is 0 Å². The fraction of sp³-hybridized carbons (Fsp3) is 0.208. The van der Waals surface area contributed by atoms with Gasteiger partial charge >= 0.3 is 0 Å². The SMILES string of the molecule is C=c1cc(-c2ccc(N3CCNCC3)cc2)o/c1=C(/C=C\C)c1cccnc1. The number of aromatic nitrogens is 1. The largest absolute Gasteiger partial charge is 0.455 e. The van der Waals surface area contributed by atoms with E-state index in [1.807, 2.05) is 43.5 Å². The van der Waals surface area contributed by atoms with E-state index in [-0.39, 0.29) is 0 Å². The van der Waals surface area contributed by atoms with Gasteiger partial charge in [-0.1, -0.05) is 24.8 Å². The highest BCUT2D eigenvalue weighted by molar-refractivity contribution is 5.73. The van der Waals surface area contributed by atoms with Crippen LogP contribution >= 0.6 is 0 Å². The van der Waals surface area contributed by atoms with Gasteiger partial charge in [-0.05, 0) is 43.3 Å². The molecule has 2 aromatic heterocycles. The second-order valence-electron chi connectivity index (χ2n) is 6.90. The van der Waals surface area contributed by atoms with Crippen LogP contribution in [-0.4, -0.2) is 31.2 Å². The van der Waals surface area contributed by atoms with Crippen molar-refractivity contribution in [3.8, 4) is 11.3 Å². The minimum atomic E-state index is 0.785. The Labute approximate surface area is 165 Å². The predicted molar refractivity (Wildman–Crippen MR) is 116 cm³/mol. The third-order valence-corrected chi connectivity index (χ3v) is 4.99. The molecule has 4 rings (SSSR count). The Kier molecular flexibility index (Phi) is 5.40. The number of anilines is 1. The summed E-state index contributed by atoms with van der Waals surface area (Å²) in [6, 6.07) is 14.6. The molecular weight excluding hydrogens is 346 g/mol. The minimum Gasteiger partial charge on any atom is -0.455 e. The minimum absolute atomic E-state index is 0.785. The molecular formula is C24H25N3O. The summed E-state index contributed by atoms with van der Waals surface area (Å²) in [4.78, 5) is 6.64. The van der Waals surface area contributed by atoms with Crippen molar-refractivity contribution in [1.82, 2.24) is 10.3 Å². The van der Waals surface area contributed by atoms with Gasteiger partial charge in [0.05, 0.1) is 0 Å². The maximum absolute atomic E-state index is 6.25. The molecule has 0 bridgehead atoms. The highest BCUT2D eigenvalue weighted by Crippen LogP contribution is 2.22. The quantitative estimate of drug-likeness (QED) is 0.766. The fourth-order valence-corrected chi connectivity index (χ4v) is 3.55. The molecule has 1 fully saturated rings. The molecule has 142 valence electrons. The van der Waals surface area contributed by atoms with Crippen LogP contribution in [0.5, 0.6) is 0 Å². The lowest BCUT2D eigenvalue weighted by atomic mass is 10.1. The summed E-state index contributed by atoms with van der Waals surface area (Å²) in [5, 5.41) is 4.26. The standard InChI is InChI=1S/C24H25N3O/c1-3-5-22(20-6-4-11-26-17-20)24-18(2)16-23(28-24)19-7-9-21(10-8-19)27-14-12-25-13-15-27/h3-11,16-17,25H,2,12-15H2,1H3/b5-3-,24-22-. The molecule has 1 aliphatic rings. The van der Waals surface area contributed by atoms with E-state index in [4.69, 9.17) is 4.42 Å². The topological polar surface area (TPSA) is 41.3 Å². The zero-order valence-electron chi connectivity index (χ0n) is 16.2. The molecule has 0 spiro atoms. The van der Waals surface area contributed by atoms with Crippen molar-refractivity contribution >= 4 is 17.8 Å². The molecule has 0 aliphatic carbocycles. The molecule has 1 aromatic carbocycles. The van der Waals surface area contributed by atoms with Crippen molar-refractivity contribution in [2.45, 2.75) is 6.92 Å². The number of pyridine rings is 1. The van der Waals surface area contributed by atoms with Crippen molar-refractivity contribution in [3.63, 3.8) is 0 Å². The van der Waals surface area contributed by atoms with Gasteiger partial charge in [0.2, 0.25) is 0 Å². The van der Waals surface area contributed by atoms with Gasteiger partial charge in [0.1, 0.15) is 11.2 Å². The number of nitrogens with zero attached hydrogens (tertiary/aromatic N) is 2. The van der Waals surface area contributed by atoms with Gasteiger partial charge < -0.3 is 14.6 Å². The summed E-state index contributed by atoms with van der Waals surface area (Å²) in [7, 11) is 0. The number of furan rings is 1. The summed E-state index contributed by atoms with van der Waals surface area (Å²) in [5.41, 5.74) is 5.10.